The van der Waals surface area contributed by atoms with Gasteiger partial charge in [0.05, 0.1) is 12.2 Å². The molecule has 0 fully saturated rings. The van der Waals surface area contributed by atoms with Crippen molar-refractivity contribution in [3.05, 3.63) is 17.5 Å². The van der Waals surface area contributed by atoms with Crippen molar-refractivity contribution in [3.8, 4) is 0 Å². The van der Waals surface area contributed by atoms with Gasteiger partial charge in [-0.3, -0.25) is 0 Å². The Kier molecular flexibility index (Phi) is 2.96. The molecule has 1 heterocycles. The quantitative estimate of drug-likeness (QED) is 0.676. The second kappa shape index (κ2) is 3.78. The lowest BCUT2D eigenvalue weighted by molar-refractivity contribution is 0.372. The van der Waals surface area contributed by atoms with E-state index in [-0.39, 0.29) is 5.25 Å². The minimum atomic E-state index is 0.143. The molecule has 0 spiro atoms. The van der Waals surface area contributed by atoms with Crippen LogP contribution in [0.4, 0.5) is 0 Å². The summed E-state index contributed by atoms with van der Waals surface area (Å²) >= 11 is 4.23. The summed E-state index contributed by atoms with van der Waals surface area (Å²) in [6.45, 7) is 2.68. The summed E-state index contributed by atoms with van der Waals surface area (Å²) in [7, 11) is 1.87. The van der Waals surface area contributed by atoms with E-state index in [0.29, 0.717) is 6.54 Å². The van der Waals surface area contributed by atoms with Crippen LogP contribution in [-0.4, -0.2) is 12.2 Å². The summed E-state index contributed by atoms with van der Waals surface area (Å²) in [4.78, 5) is 0. The van der Waals surface area contributed by atoms with Gasteiger partial charge < -0.3 is 9.84 Å². The summed E-state index contributed by atoms with van der Waals surface area (Å²) in [5, 5.41) is 6.96. The maximum absolute atomic E-state index is 5.00. The van der Waals surface area contributed by atoms with Gasteiger partial charge in [-0.25, -0.2) is 0 Å². The van der Waals surface area contributed by atoms with Crippen LogP contribution in [0, 0.1) is 0 Å². The second-order valence-electron chi connectivity index (χ2n) is 2.42. The van der Waals surface area contributed by atoms with Gasteiger partial charge in [-0.05, 0) is 14.0 Å². The number of nitrogens with one attached hydrogen (secondary N) is 1. The van der Waals surface area contributed by atoms with E-state index in [9.17, 15) is 0 Å². The molecule has 1 aromatic heterocycles. The average Bonchev–Trinajstić information content (AvgIpc) is 2.37. The van der Waals surface area contributed by atoms with Crippen LogP contribution in [0.5, 0.6) is 0 Å². The van der Waals surface area contributed by atoms with Gasteiger partial charge in [-0.1, -0.05) is 5.16 Å². The van der Waals surface area contributed by atoms with Crippen molar-refractivity contribution in [2.24, 2.45) is 0 Å². The van der Waals surface area contributed by atoms with E-state index >= 15 is 0 Å². The van der Waals surface area contributed by atoms with E-state index < -0.39 is 0 Å². The lowest BCUT2D eigenvalue weighted by atomic mass is 10.3. The molecule has 0 aromatic carbocycles. The highest BCUT2D eigenvalue weighted by Crippen LogP contribution is 2.17. The molecule has 0 aliphatic heterocycles. The highest BCUT2D eigenvalue weighted by molar-refractivity contribution is 7.80. The van der Waals surface area contributed by atoms with E-state index in [1.54, 1.807) is 0 Å². The molecule has 1 unspecified atom stereocenters. The van der Waals surface area contributed by atoms with Gasteiger partial charge in [0.1, 0.15) is 0 Å². The highest BCUT2D eigenvalue weighted by atomic mass is 32.1. The molecule has 1 N–H and O–H groups in total. The van der Waals surface area contributed by atoms with Crippen LogP contribution in [0.1, 0.15) is 23.6 Å². The highest BCUT2D eigenvalue weighted by Gasteiger charge is 2.06. The first-order chi connectivity index (χ1) is 5.24. The normalized spacial score (nSPS) is 13.4. The van der Waals surface area contributed by atoms with E-state index in [1.807, 2.05) is 20.0 Å². The fraction of sp³-hybridized carbons (Fsp3) is 0.571. The Hall–Kier alpha value is -0.480. The Labute approximate surface area is 71.6 Å². The van der Waals surface area contributed by atoms with Crippen LogP contribution in [0.25, 0.3) is 0 Å². The zero-order chi connectivity index (χ0) is 8.27. The maximum atomic E-state index is 5.00. The molecular formula is C7H12N2OS. The Bertz CT molecular complexity index is 222. The number of aromatic nitrogens is 1. The van der Waals surface area contributed by atoms with Crippen molar-refractivity contribution >= 4 is 12.6 Å². The number of hydrogen-bond acceptors (Lipinski definition) is 4. The molecule has 1 rings (SSSR count). The van der Waals surface area contributed by atoms with Gasteiger partial charge in [0.15, 0.2) is 5.76 Å². The topological polar surface area (TPSA) is 38.1 Å². The SMILES string of the molecule is CNCc1cc(C(C)S)no1. The fourth-order valence-corrected chi connectivity index (χ4v) is 0.905. The zero-order valence-corrected chi connectivity index (χ0v) is 7.56. The van der Waals surface area contributed by atoms with Crippen molar-refractivity contribution in [2.75, 3.05) is 7.05 Å². The molecule has 62 valence electrons. The molecule has 3 nitrogen and oxygen atoms in total. The molecule has 0 saturated heterocycles. The summed E-state index contributed by atoms with van der Waals surface area (Å²) in [6.07, 6.45) is 0. The molecule has 4 heteroatoms. The minimum absolute atomic E-state index is 0.143. The molecule has 0 aliphatic rings. The molecule has 0 saturated carbocycles. The largest absolute Gasteiger partial charge is 0.360 e. The van der Waals surface area contributed by atoms with E-state index in [4.69, 9.17) is 4.52 Å². The van der Waals surface area contributed by atoms with Gasteiger partial charge in [-0.15, -0.1) is 0 Å². The molecular weight excluding hydrogens is 160 g/mol. The Morgan fingerprint density at radius 1 is 1.82 bits per heavy atom. The number of thiol groups is 1. The van der Waals surface area contributed by atoms with Crippen LogP contribution < -0.4 is 5.32 Å². The summed E-state index contributed by atoms with van der Waals surface area (Å²) in [5.74, 6) is 0.850. The van der Waals surface area contributed by atoms with Gasteiger partial charge in [-0.2, -0.15) is 12.6 Å². The van der Waals surface area contributed by atoms with Gasteiger partial charge in [0.2, 0.25) is 0 Å². The molecule has 0 aliphatic carbocycles. The van der Waals surface area contributed by atoms with Crippen LogP contribution in [-0.2, 0) is 6.54 Å². The number of nitrogens with zero attached hydrogens (tertiary/aromatic N) is 1. The van der Waals surface area contributed by atoms with Crippen molar-refractivity contribution in [1.82, 2.24) is 10.5 Å². The lowest BCUT2D eigenvalue weighted by Gasteiger charge is -1.92. The third-order valence-electron chi connectivity index (χ3n) is 1.36. The van der Waals surface area contributed by atoms with Crippen LogP contribution >= 0.6 is 12.6 Å². The lowest BCUT2D eigenvalue weighted by Crippen LogP contribution is -2.03. The summed E-state index contributed by atoms with van der Waals surface area (Å²) < 4.78 is 5.00. The Morgan fingerprint density at radius 3 is 3.00 bits per heavy atom. The molecule has 11 heavy (non-hydrogen) atoms. The van der Waals surface area contributed by atoms with E-state index in [0.717, 1.165) is 11.5 Å². The van der Waals surface area contributed by atoms with Crippen molar-refractivity contribution in [1.29, 1.82) is 0 Å². The molecule has 0 amide bonds. The van der Waals surface area contributed by atoms with E-state index in [1.165, 1.54) is 0 Å². The van der Waals surface area contributed by atoms with Gasteiger partial charge in [0.25, 0.3) is 0 Å². The molecule has 0 bridgehead atoms. The first kappa shape index (κ1) is 8.62. The summed E-state index contributed by atoms with van der Waals surface area (Å²) in [6, 6.07) is 1.91. The number of hydrogen-bond donors (Lipinski definition) is 2. The Balaban J connectivity index is 2.66. The zero-order valence-electron chi connectivity index (χ0n) is 6.66. The maximum Gasteiger partial charge on any atom is 0.150 e. The molecule has 1 atom stereocenters. The molecule has 1 aromatic rings. The first-order valence-corrected chi connectivity index (χ1v) is 4.04. The minimum Gasteiger partial charge on any atom is -0.360 e. The third-order valence-corrected chi connectivity index (χ3v) is 1.62. The predicted molar refractivity (Wildman–Crippen MR) is 46.7 cm³/mol. The smallest absolute Gasteiger partial charge is 0.150 e. The third kappa shape index (κ3) is 2.24. The van der Waals surface area contributed by atoms with Crippen LogP contribution in [0.3, 0.4) is 0 Å². The van der Waals surface area contributed by atoms with Crippen molar-refractivity contribution in [3.63, 3.8) is 0 Å². The standard InChI is InChI=1S/C7H12N2OS/c1-5(11)7-3-6(4-8-2)10-9-7/h3,5,8,11H,4H2,1-2H3. The monoisotopic (exact) mass is 172 g/mol. The van der Waals surface area contributed by atoms with Gasteiger partial charge >= 0.3 is 0 Å². The Morgan fingerprint density at radius 2 is 2.55 bits per heavy atom. The van der Waals surface area contributed by atoms with Crippen LogP contribution in [0.15, 0.2) is 10.6 Å². The van der Waals surface area contributed by atoms with Gasteiger partial charge in [0, 0.05) is 11.3 Å². The predicted octanol–water partition coefficient (Wildman–Crippen LogP) is 1.38. The second-order valence-corrected chi connectivity index (χ2v) is 3.20. The van der Waals surface area contributed by atoms with E-state index in [2.05, 4.69) is 23.1 Å². The number of rotatable bonds is 3. The summed E-state index contributed by atoms with van der Waals surface area (Å²) in [5.41, 5.74) is 0.888. The fourth-order valence-electron chi connectivity index (χ4n) is 0.783. The first-order valence-electron chi connectivity index (χ1n) is 3.52. The van der Waals surface area contributed by atoms with Crippen molar-refractivity contribution in [2.45, 2.75) is 18.7 Å². The van der Waals surface area contributed by atoms with Crippen molar-refractivity contribution < 1.29 is 4.52 Å². The van der Waals surface area contributed by atoms with Crippen LogP contribution in [0.2, 0.25) is 0 Å². The average molecular weight is 172 g/mol. The molecule has 0 radical (unpaired) electrons.